The summed E-state index contributed by atoms with van der Waals surface area (Å²) in [7, 11) is 5.77. The van der Waals surface area contributed by atoms with Crippen molar-refractivity contribution in [2.45, 2.75) is 32.3 Å². The van der Waals surface area contributed by atoms with Gasteiger partial charge in [-0.15, -0.1) is 0 Å². The molecule has 0 fully saturated rings. The van der Waals surface area contributed by atoms with Crippen molar-refractivity contribution in [1.29, 1.82) is 0 Å². The number of aliphatic carboxylic acids is 3. The van der Waals surface area contributed by atoms with Gasteiger partial charge in [-0.1, -0.05) is 30.3 Å². The van der Waals surface area contributed by atoms with E-state index in [0.717, 1.165) is 47.6 Å². The van der Waals surface area contributed by atoms with Crippen LogP contribution in [0.4, 0.5) is 0 Å². The molecule has 0 aliphatic rings. The second-order valence-corrected chi connectivity index (χ2v) is 9.14. The van der Waals surface area contributed by atoms with E-state index in [0.29, 0.717) is 0 Å². The van der Waals surface area contributed by atoms with Gasteiger partial charge < -0.3 is 35.0 Å². The first-order valence-electron chi connectivity index (χ1n) is 12.6. The molecule has 0 aliphatic carbocycles. The van der Waals surface area contributed by atoms with Crippen LogP contribution < -0.4 is 4.74 Å². The van der Waals surface area contributed by atoms with Crippen LogP contribution in [0.25, 0.3) is 5.57 Å². The number of benzene rings is 2. The third kappa shape index (κ3) is 10.5. The van der Waals surface area contributed by atoms with Crippen LogP contribution in [-0.4, -0.2) is 100 Å². The number of ether oxygens (including phenoxy) is 1. The van der Waals surface area contributed by atoms with Crippen LogP contribution in [-0.2, 0) is 14.4 Å². The Balaban J connectivity index is 0.000000520. The molecule has 218 valence electrons. The summed E-state index contributed by atoms with van der Waals surface area (Å²) < 4.78 is 5.38. The van der Waals surface area contributed by atoms with Crippen molar-refractivity contribution in [2.75, 3.05) is 40.8 Å². The molecule has 11 heteroatoms. The SMILES string of the molecule is CCN(CC)C(=O)c1ccc(C(=CCN(C)C)c2cccc(OC)c2)cc1.O=C(O)CC(O)(CC(=O)O)C(=O)O. The fourth-order valence-corrected chi connectivity index (χ4v) is 3.67. The number of carbonyl (C=O) groups excluding carboxylic acids is 1. The van der Waals surface area contributed by atoms with Crippen LogP contribution in [0.1, 0.15) is 48.2 Å². The van der Waals surface area contributed by atoms with E-state index in [1.165, 1.54) is 0 Å². The fraction of sp³-hybridized carbons (Fsp3) is 0.379. The molecule has 2 aromatic rings. The third-order valence-electron chi connectivity index (χ3n) is 5.82. The monoisotopic (exact) mass is 558 g/mol. The lowest BCUT2D eigenvalue weighted by Gasteiger charge is -2.19. The Bertz CT molecular complexity index is 1170. The molecule has 0 radical (unpaired) electrons. The molecule has 4 N–H and O–H groups in total. The van der Waals surface area contributed by atoms with Crippen molar-refractivity contribution in [3.05, 3.63) is 71.3 Å². The Morgan fingerprint density at radius 1 is 0.850 bits per heavy atom. The molecule has 0 saturated heterocycles. The van der Waals surface area contributed by atoms with Crippen LogP contribution in [0.2, 0.25) is 0 Å². The second-order valence-electron chi connectivity index (χ2n) is 9.14. The minimum Gasteiger partial charge on any atom is -0.497 e. The molecule has 0 bridgehead atoms. The summed E-state index contributed by atoms with van der Waals surface area (Å²) in [5.74, 6) is -4.11. The van der Waals surface area contributed by atoms with E-state index in [-0.39, 0.29) is 5.91 Å². The number of amides is 1. The Morgan fingerprint density at radius 2 is 1.38 bits per heavy atom. The largest absolute Gasteiger partial charge is 0.497 e. The Morgan fingerprint density at radius 3 is 1.80 bits per heavy atom. The van der Waals surface area contributed by atoms with E-state index in [4.69, 9.17) is 25.2 Å². The predicted molar refractivity (Wildman–Crippen MR) is 149 cm³/mol. The number of carboxylic acids is 3. The highest BCUT2D eigenvalue weighted by Gasteiger charge is 2.40. The summed E-state index contributed by atoms with van der Waals surface area (Å²) in [6.07, 6.45) is -0.0841. The Kier molecular flexibility index (Phi) is 13.5. The average Bonchev–Trinajstić information content (AvgIpc) is 2.89. The number of carbonyl (C=O) groups is 4. The first-order valence-corrected chi connectivity index (χ1v) is 12.6. The number of rotatable bonds is 13. The van der Waals surface area contributed by atoms with Crippen molar-refractivity contribution in [3.8, 4) is 5.75 Å². The van der Waals surface area contributed by atoms with E-state index in [2.05, 4.69) is 17.0 Å². The first kappa shape index (κ1) is 33.8. The second kappa shape index (κ2) is 16.0. The molecule has 0 heterocycles. The maximum atomic E-state index is 12.5. The van der Waals surface area contributed by atoms with Gasteiger partial charge in [-0.2, -0.15) is 0 Å². The van der Waals surface area contributed by atoms with Gasteiger partial charge >= 0.3 is 17.9 Å². The molecule has 1 amide bonds. The maximum absolute atomic E-state index is 12.5. The van der Waals surface area contributed by atoms with E-state index in [1.807, 2.05) is 75.3 Å². The zero-order chi connectivity index (χ0) is 30.5. The summed E-state index contributed by atoms with van der Waals surface area (Å²) >= 11 is 0. The molecule has 0 spiro atoms. The highest BCUT2D eigenvalue weighted by Crippen LogP contribution is 2.27. The topological polar surface area (TPSA) is 165 Å². The van der Waals surface area contributed by atoms with Crippen LogP contribution >= 0.6 is 0 Å². The average molecular weight is 559 g/mol. The predicted octanol–water partition coefficient (Wildman–Crippen LogP) is 2.92. The van der Waals surface area contributed by atoms with Crippen LogP contribution in [0.15, 0.2) is 54.6 Å². The van der Waals surface area contributed by atoms with Gasteiger partial charge in [-0.3, -0.25) is 14.4 Å². The molecule has 0 aromatic heterocycles. The Hall–Kier alpha value is -4.22. The summed E-state index contributed by atoms with van der Waals surface area (Å²) in [5.41, 5.74) is 1.29. The normalized spacial score (nSPS) is 11.3. The van der Waals surface area contributed by atoms with Crippen molar-refractivity contribution in [2.24, 2.45) is 0 Å². The number of hydrogen-bond donors (Lipinski definition) is 4. The molecule has 11 nitrogen and oxygen atoms in total. The highest BCUT2D eigenvalue weighted by molar-refractivity contribution is 5.95. The summed E-state index contributed by atoms with van der Waals surface area (Å²) in [4.78, 5) is 47.0. The number of hydrogen-bond acceptors (Lipinski definition) is 7. The van der Waals surface area contributed by atoms with Crippen molar-refractivity contribution >= 4 is 29.4 Å². The van der Waals surface area contributed by atoms with E-state index >= 15 is 0 Å². The smallest absolute Gasteiger partial charge is 0.336 e. The molecule has 0 atom stereocenters. The van der Waals surface area contributed by atoms with Gasteiger partial charge in [0.2, 0.25) is 0 Å². The minimum absolute atomic E-state index is 0.0757. The van der Waals surface area contributed by atoms with Crippen LogP contribution in [0, 0.1) is 0 Å². The standard InChI is InChI=1S/C23H30N2O2.C6H8O7/c1-6-25(7-2)23(26)19-13-11-18(12-14-19)22(15-16-24(3)4)20-9-8-10-21(17-20)27-5;7-3(8)1-6(13,5(11)12)2-4(9)10/h8-15,17H,6-7,16H2,1-5H3;13H,1-2H2,(H,7,8)(H,9,10)(H,11,12). The van der Waals surface area contributed by atoms with E-state index in [9.17, 15) is 19.2 Å². The number of methoxy groups -OCH3 is 1. The lowest BCUT2D eigenvalue weighted by molar-refractivity contribution is -0.170. The molecule has 0 unspecified atom stereocenters. The third-order valence-corrected chi connectivity index (χ3v) is 5.82. The molecular formula is C29H38N2O9. The van der Waals surface area contributed by atoms with Gasteiger partial charge in [0.05, 0.1) is 20.0 Å². The lowest BCUT2D eigenvalue weighted by atomic mass is 9.96. The van der Waals surface area contributed by atoms with E-state index in [1.54, 1.807) is 7.11 Å². The molecule has 40 heavy (non-hydrogen) atoms. The molecule has 2 aromatic carbocycles. The van der Waals surface area contributed by atoms with Gasteiger partial charge in [0.25, 0.3) is 5.91 Å². The lowest BCUT2D eigenvalue weighted by Crippen LogP contribution is -2.42. The van der Waals surface area contributed by atoms with Gasteiger partial charge in [-0.05, 0) is 68.9 Å². The number of carboxylic acid groups (broad SMARTS) is 3. The highest BCUT2D eigenvalue weighted by atomic mass is 16.5. The van der Waals surface area contributed by atoms with Gasteiger partial charge in [-0.25, -0.2) is 4.79 Å². The Labute approximate surface area is 233 Å². The zero-order valence-corrected chi connectivity index (χ0v) is 23.5. The number of aliphatic hydroxyl groups is 1. The quantitative estimate of drug-likeness (QED) is 0.287. The van der Waals surface area contributed by atoms with Crippen molar-refractivity contribution in [3.63, 3.8) is 0 Å². The van der Waals surface area contributed by atoms with Gasteiger partial charge in [0, 0.05) is 25.2 Å². The molecule has 0 saturated carbocycles. The number of nitrogens with zero attached hydrogens (tertiary/aromatic N) is 2. The van der Waals surface area contributed by atoms with E-state index < -0.39 is 36.4 Å². The van der Waals surface area contributed by atoms with Crippen LogP contribution in [0.3, 0.4) is 0 Å². The minimum atomic E-state index is -2.74. The fourth-order valence-electron chi connectivity index (χ4n) is 3.67. The van der Waals surface area contributed by atoms with Crippen LogP contribution in [0.5, 0.6) is 5.75 Å². The molecule has 0 aliphatic heterocycles. The molecular weight excluding hydrogens is 520 g/mol. The molecule has 2 rings (SSSR count). The zero-order valence-electron chi connectivity index (χ0n) is 23.5. The van der Waals surface area contributed by atoms with Crippen molar-refractivity contribution in [1.82, 2.24) is 9.80 Å². The first-order chi connectivity index (χ1) is 18.8. The van der Waals surface area contributed by atoms with Gasteiger partial charge in [0.1, 0.15) is 5.75 Å². The number of likely N-dealkylation sites (N-methyl/N-ethyl adjacent to an activating group) is 1. The summed E-state index contributed by atoms with van der Waals surface area (Å²) in [6, 6.07) is 15.9. The summed E-state index contributed by atoms with van der Waals surface area (Å²) in [5, 5.41) is 33.8. The van der Waals surface area contributed by atoms with Crippen molar-refractivity contribution < 1.29 is 44.3 Å². The summed E-state index contributed by atoms with van der Waals surface area (Å²) in [6.45, 7) is 6.26. The van der Waals surface area contributed by atoms with Gasteiger partial charge in [0.15, 0.2) is 5.60 Å². The maximum Gasteiger partial charge on any atom is 0.336 e.